The first-order chi connectivity index (χ1) is 9.00. The van der Waals surface area contributed by atoms with E-state index < -0.39 is 0 Å². The molecule has 2 aromatic heterocycles. The van der Waals surface area contributed by atoms with Crippen LogP contribution < -0.4 is 11.1 Å². The Bertz CT molecular complexity index is 573. The Morgan fingerprint density at radius 1 is 1.63 bits per heavy atom. The number of rotatable bonds is 5. The van der Waals surface area contributed by atoms with E-state index in [9.17, 15) is 0 Å². The molecule has 2 heterocycles. The maximum absolute atomic E-state index is 5.76. The highest BCUT2D eigenvalue weighted by Crippen LogP contribution is 2.22. The lowest BCUT2D eigenvalue weighted by Gasteiger charge is -2.13. The predicted octanol–water partition coefficient (Wildman–Crippen LogP) is 2.03. The van der Waals surface area contributed by atoms with Gasteiger partial charge in [0, 0.05) is 31.1 Å². The molecule has 5 nitrogen and oxygen atoms in total. The van der Waals surface area contributed by atoms with E-state index in [0.29, 0.717) is 10.9 Å². The first-order valence-corrected chi connectivity index (χ1v) is 7.26. The third-order valence-corrected chi connectivity index (χ3v) is 4.13. The summed E-state index contributed by atoms with van der Waals surface area (Å²) >= 11 is 6.75. The molecule has 1 unspecified atom stereocenters. The number of nitrogens with two attached hydrogens (primary N) is 1. The topological polar surface area (TPSA) is 68.8 Å². The molecule has 19 heavy (non-hydrogen) atoms. The van der Waals surface area contributed by atoms with E-state index in [4.69, 9.17) is 18.0 Å². The van der Waals surface area contributed by atoms with Gasteiger partial charge in [-0.05, 0) is 6.92 Å². The van der Waals surface area contributed by atoms with E-state index >= 15 is 0 Å². The minimum absolute atomic E-state index is 0.328. The summed E-state index contributed by atoms with van der Waals surface area (Å²) in [5.74, 6) is 1.20. The van der Waals surface area contributed by atoms with E-state index in [-0.39, 0.29) is 0 Å². The molecule has 0 amide bonds. The highest BCUT2D eigenvalue weighted by Gasteiger charge is 2.16. The molecule has 0 saturated heterocycles. The van der Waals surface area contributed by atoms with E-state index in [1.807, 2.05) is 25.5 Å². The van der Waals surface area contributed by atoms with Crippen LogP contribution in [-0.4, -0.2) is 26.3 Å². The van der Waals surface area contributed by atoms with Crippen LogP contribution in [0.4, 0.5) is 5.82 Å². The van der Waals surface area contributed by atoms with E-state index in [1.165, 1.54) is 0 Å². The average molecular weight is 295 g/mol. The smallest absolute Gasteiger partial charge is 0.134 e. The first-order valence-electron chi connectivity index (χ1n) is 5.97. The number of thiocarbonyl (C=S) groups is 1. The predicted molar refractivity (Wildman–Crippen MR) is 82.9 cm³/mol. The van der Waals surface area contributed by atoms with Crippen LogP contribution in [0.2, 0.25) is 0 Å². The van der Waals surface area contributed by atoms with Crippen molar-refractivity contribution in [3.63, 3.8) is 0 Å². The van der Waals surface area contributed by atoms with Crippen LogP contribution >= 0.6 is 23.6 Å². The van der Waals surface area contributed by atoms with Crippen LogP contribution in [0.15, 0.2) is 11.6 Å². The Morgan fingerprint density at radius 2 is 2.37 bits per heavy atom. The van der Waals surface area contributed by atoms with Gasteiger partial charge >= 0.3 is 0 Å². The van der Waals surface area contributed by atoms with E-state index in [0.717, 1.165) is 28.6 Å². The Labute approximate surface area is 121 Å². The Kier molecular flexibility index (Phi) is 4.16. The van der Waals surface area contributed by atoms with Crippen molar-refractivity contribution in [2.45, 2.75) is 19.8 Å². The molecule has 3 N–H and O–H groups in total. The number of nitrogens with one attached hydrogen (secondary N) is 1. The van der Waals surface area contributed by atoms with Gasteiger partial charge in [-0.15, -0.1) is 11.3 Å². The molecule has 0 fully saturated rings. The van der Waals surface area contributed by atoms with Gasteiger partial charge < -0.3 is 11.1 Å². The minimum atomic E-state index is 0.328. The average Bonchev–Trinajstić information content (AvgIpc) is 2.94. The number of thiazole rings is 1. The highest BCUT2D eigenvalue weighted by atomic mass is 32.1. The molecule has 2 rings (SSSR count). The van der Waals surface area contributed by atoms with Crippen LogP contribution in [0.1, 0.15) is 29.1 Å². The zero-order chi connectivity index (χ0) is 14.0. The Hall–Kier alpha value is -1.47. The van der Waals surface area contributed by atoms with E-state index in [1.54, 1.807) is 16.0 Å². The van der Waals surface area contributed by atoms with Gasteiger partial charge in [-0.25, -0.2) is 4.98 Å². The maximum Gasteiger partial charge on any atom is 0.134 e. The minimum Gasteiger partial charge on any atom is -0.389 e. The normalized spacial score (nSPS) is 12.4. The lowest BCUT2D eigenvalue weighted by molar-refractivity contribution is 0.738. The van der Waals surface area contributed by atoms with Crippen molar-refractivity contribution < 1.29 is 0 Å². The fourth-order valence-electron chi connectivity index (χ4n) is 1.97. The zero-order valence-corrected chi connectivity index (χ0v) is 12.8. The third-order valence-electron chi connectivity index (χ3n) is 2.92. The second-order valence-electron chi connectivity index (χ2n) is 4.45. The molecule has 102 valence electrons. The fraction of sp³-hybridized carbons (Fsp3) is 0.417. The van der Waals surface area contributed by atoms with Crippen LogP contribution in [0, 0.1) is 6.92 Å². The van der Waals surface area contributed by atoms with Gasteiger partial charge in [0.2, 0.25) is 0 Å². The summed E-state index contributed by atoms with van der Waals surface area (Å²) in [5.41, 5.74) is 7.43. The van der Waals surface area contributed by atoms with Crippen molar-refractivity contribution in [3.8, 4) is 0 Å². The number of aryl methyl sites for hydroxylation is 2. The Balaban J connectivity index is 2.14. The summed E-state index contributed by atoms with van der Waals surface area (Å²) in [7, 11) is 1.88. The van der Waals surface area contributed by atoms with Crippen molar-refractivity contribution in [3.05, 3.63) is 27.8 Å². The van der Waals surface area contributed by atoms with Gasteiger partial charge in [0.1, 0.15) is 10.8 Å². The number of nitrogens with zero attached hydrogens (tertiary/aromatic N) is 3. The lowest BCUT2D eigenvalue weighted by atomic mass is 10.2. The molecule has 2 aromatic rings. The molecule has 0 spiro atoms. The molecular weight excluding hydrogens is 278 g/mol. The number of aromatic nitrogens is 3. The molecule has 7 heteroatoms. The van der Waals surface area contributed by atoms with Crippen molar-refractivity contribution in [2.75, 3.05) is 11.9 Å². The van der Waals surface area contributed by atoms with Crippen LogP contribution in [0.3, 0.4) is 0 Å². The second kappa shape index (κ2) is 5.66. The van der Waals surface area contributed by atoms with Crippen LogP contribution in [0.25, 0.3) is 0 Å². The monoisotopic (exact) mass is 295 g/mol. The number of hydrogen-bond acceptors (Lipinski definition) is 5. The van der Waals surface area contributed by atoms with Crippen molar-refractivity contribution in [2.24, 2.45) is 12.8 Å². The standard InChI is InChI=1S/C12H17N5S2/c1-7(12-14-4-5-19-12)6-15-11-9(10(13)18)8(2)16-17(11)3/h4-5,7,15H,6H2,1-3H3,(H2,13,18). The molecular formula is C12H17N5S2. The molecule has 0 bridgehead atoms. The van der Waals surface area contributed by atoms with Crippen LogP contribution in [-0.2, 0) is 7.05 Å². The van der Waals surface area contributed by atoms with Crippen molar-refractivity contribution in [1.82, 2.24) is 14.8 Å². The summed E-state index contributed by atoms with van der Waals surface area (Å²) < 4.78 is 1.78. The molecule has 0 aliphatic carbocycles. The van der Waals surface area contributed by atoms with Crippen LogP contribution in [0.5, 0.6) is 0 Å². The quantitative estimate of drug-likeness (QED) is 0.826. The van der Waals surface area contributed by atoms with Gasteiger partial charge in [0.15, 0.2) is 0 Å². The van der Waals surface area contributed by atoms with Gasteiger partial charge in [0.05, 0.1) is 16.3 Å². The molecule has 0 aliphatic heterocycles. The lowest BCUT2D eigenvalue weighted by Crippen LogP contribution is -2.17. The summed E-state index contributed by atoms with van der Waals surface area (Å²) in [6.45, 7) is 4.81. The zero-order valence-electron chi connectivity index (χ0n) is 11.2. The van der Waals surface area contributed by atoms with Gasteiger partial charge in [0.25, 0.3) is 0 Å². The molecule has 0 aliphatic rings. The van der Waals surface area contributed by atoms with Crippen molar-refractivity contribution in [1.29, 1.82) is 0 Å². The number of anilines is 1. The van der Waals surface area contributed by atoms with Gasteiger partial charge in [-0.1, -0.05) is 19.1 Å². The fourth-order valence-corrected chi connectivity index (χ4v) is 2.91. The molecule has 0 radical (unpaired) electrons. The first kappa shape index (κ1) is 14.0. The number of hydrogen-bond donors (Lipinski definition) is 2. The summed E-state index contributed by atoms with van der Waals surface area (Å²) in [6, 6.07) is 0. The maximum atomic E-state index is 5.76. The van der Waals surface area contributed by atoms with Gasteiger partial charge in [-0.2, -0.15) is 5.10 Å². The largest absolute Gasteiger partial charge is 0.389 e. The SMILES string of the molecule is Cc1nn(C)c(NCC(C)c2nccs2)c1C(N)=S. The summed E-state index contributed by atoms with van der Waals surface area (Å²) in [4.78, 5) is 4.69. The molecule has 0 aromatic carbocycles. The van der Waals surface area contributed by atoms with Crippen molar-refractivity contribution >= 4 is 34.4 Å². The van der Waals surface area contributed by atoms with Gasteiger partial charge in [-0.3, -0.25) is 4.68 Å². The highest BCUT2D eigenvalue weighted by molar-refractivity contribution is 7.80. The summed E-state index contributed by atoms with van der Waals surface area (Å²) in [5, 5.41) is 10.8. The Morgan fingerprint density at radius 3 is 2.95 bits per heavy atom. The van der Waals surface area contributed by atoms with E-state index in [2.05, 4.69) is 22.3 Å². The third kappa shape index (κ3) is 2.93. The molecule has 1 atom stereocenters. The summed E-state index contributed by atoms with van der Waals surface area (Å²) in [6.07, 6.45) is 1.82. The molecule has 0 saturated carbocycles. The second-order valence-corrected chi connectivity index (χ2v) is 5.82.